The molecule has 0 saturated carbocycles. The summed E-state index contributed by atoms with van der Waals surface area (Å²) in [6.45, 7) is 1.74. The summed E-state index contributed by atoms with van der Waals surface area (Å²) in [4.78, 5) is 20.6. The van der Waals surface area contributed by atoms with Gasteiger partial charge in [0.2, 0.25) is 0 Å². The summed E-state index contributed by atoms with van der Waals surface area (Å²) in [5, 5.41) is 8.81. The molecule has 0 aromatic carbocycles. The van der Waals surface area contributed by atoms with Crippen LogP contribution in [0.2, 0.25) is 0 Å². The minimum absolute atomic E-state index is 0.415. The van der Waals surface area contributed by atoms with Gasteiger partial charge < -0.3 is 15.7 Å². The number of nitrogens with two attached hydrogens (primary N) is 1. The third kappa shape index (κ3) is 2.41. The average molecular weight is 210 g/mol. The Hall–Kier alpha value is -1.69. The first-order valence-electron chi connectivity index (χ1n) is 4.42. The van der Waals surface area contributed by atoms with Gasteiger partial charge in [-0.1, -0.05) is 0 Å². The number of rotatable bonds is 3. The van der Waals surface area contributed by atoms with E-state index in [-0.39, 0.29) is 0 Å². The van der Waals surface area contributed by atoms with Crippen molar-refractivity contribution in [3.63, 3.8) is 0 Å². The van der Waals surface area contributed by atoms with Crippen molar-refractivity contribution in [1.82, 2.24) is 9.97 Å². The molecule has 0 saturated heterocycles. The quantitative estimate of drug-likeness (QED) is 0.725. The molecule has 1 unspecified atom stereocenters. The number of hydrogen-bond donors (Lipinski definition) is 2. The van der Waals surface area contributed by atoms with Crippen molar-refractivity contribution >= 4 is 11.8 Å². The molecule has 0 bridgehead atoms. The molecule has 0 aliphatic heterocycles. The molecule has 0 fully saturated rings. The lowest BCUT2D eigenvalue weighted by atomic mass is 10.1. The maximum atomic E-state index is 10.8. The van der Waals surface area contributed by atoms with Crippen LogP contribution in [0.3, 0.4) is 0 Å². The lowest BCUT2D eigenvalue weighted by molar-refractivity contribution is -0.138. The molecule has 0 aliphatic rings. The number of carboxylic acid groups (broad SMARTS) is 1. The van der Waals surface area contributed by atoms with E-state index >= 15 is 0 Å². The molecule has 0 amide bonds. The van der Waals surface area contributed by atoms with E-state index in [1.54, 1.807) is 25.9 Å². The van der Waals surface area contributed by atoms with E-state index in [1.807, 2.05) is 0 Å². The molecule has 1 aromatic rings. The summed E-state index contributed by atoms with van der Waals surface area (Å²) in [6.07, 6.45) is 1.45. The Morgan fingerprint density at radius 2 is 2.20 bits per heavy atom. The number of aryl methyl sites for hydroxylation is 1. The van der Waals surface area contributed by atoms with Crippen molar-refractivity contribution in [3.05, 3.63) is 17.6 Å². The minimum atomic E-state index is -1.09. The molecular formula is C9H14N4O2. The fraction of sp³-hybridized carbons (Fsp3) is 0.444. The first-order chi connectivity index (χ1) is 6.93. The number of hydrogen-bond acceptors (Lipinski definition) is 5. The number of carboxylic acids is 1. The summed E-state index contributed by atoms with van der Waals surface area (Å²) in [6, 6.07) is -1.09. The Morgan fingerprint density at radius 3 is 2.67 bits per heavy atom. The third-order valence-corrected chi connectivity index (χ3v) is 1.94. The SMILES string of the molecule is Cc1ncc(C(N)C(=O)O)c(N(C)C)n1. The van der Waals surface area contributed by atoms with Gasteiger partial charge in [0.15, 0.2) is 0 Å². The van der Waals surface area contributed by atoms with Crippen LogP contribution in [0.15, 0.2) is 6.20 Å². The molecule has 6 nitrogen and oxygen atoms in total. The van der Waals surface area contributed by atoms with Crippen molar-refractivity contribution in [2.24, 2.45) is 5.73 Å². The number of carbonyl (C=O) groups is 1. The maximum absolute atomic E-state index is 10.8. The number of aliphatic carboxylic acids is 1. The zero-order valence-corrected chi connectivity index (χ0v) is 8.93. The number of aromatic nitrogens is 2. The average Bonchev–Trinajstić information content (AvgIpc) is 2.16. The Labute approximate surface area is 87.8 Å². The Kier molecular flexibility index (Phi) is 3.21. The third-order valence-electron chi connectivity index (χ3n) is 1.94. The van der Waals surface area contributed by atoms with Gasteiger partial charge in [-0.25, -0.2) is 9.97 Å². The van der Waals surface area contributed by atoms with E-state index in [2.05, 4.69) is 9.97 Å². The molecule has 0 aliphatic carbocycles. The van der Waals surface area contributed by atoms with E-state index in [1.165, 1.54) is 6.20 Å². The van der Waals surface area contributed by atoms with Gasteiger partial charge in [-0.15, -0.1) is 0 Å². The molecule has 1 rings (SSSR count). The first kappa shape index (κ1) is 11.4. The van der Waals surface area contributed by atoms with Crippen LogP contribution in [0.5, 0.6) is 0 Å². The van der Waals surface area contributed by atoms with Gasteiger partial charge in [0.25, 0.3) is 0 Å². The maximum Gasteiger partial charge on any atom is 0.325 e. The zero-order valence-electron chi connectivity index (χ0n) is 8.93. The lowest BCUT2D eigenvalue weighted by Gasteiger charge is -2.18. The van der Waals surface area contributed by atoms with E-state index in [4.69, 9.17) is 10.8 Å². The smallest absolute Gasteiger partial charge is 0.325 e. The van der Waals surface area contributed by atoms with Gasteiger partial charge in [-0.3, -0.25) is 4.79 Å². The van der Waals surface area contributed by atoms with Crippen LogP contribution in [-0.2, 0) is 4.79 Å². The molecular weight excluding hydrogens is 196 g/mol. The molecule has 1 atom stereocenters. The summed E-state index contributed by atoms with van der Waals surface area (Å²) in [5.74, 6) is 0.0305. The van der Waals surface area contributed by atoms with Crippen molar-refractivity contribution in [2.75, 3.05) is 19.0 Å². The molecule has 0 spiro atoms. The van der Waals surface area contributed by atoms with Crippen molar-refractivity contribution < 1.29 is 9.90 Å². The molecule has 3 N–H and O–H groups in total. The van der Waals surface area contributed by atoms with Crippen molar-refractivity contribution in [3.8, 4) is 0 Å². The summed E-state index contributed by atoms with van der Waals surface area (Å²) in [7, 11) is 3.56. The predicted octanol–water partition coefficient (Wildman–Crippen LogP) is -0.0646. The van der Waals surface area contributed by atoms with E-state index in [9.17, 15) is 4.79 Å². The second-order valence-electron chi connectivity index (χ2n) is 3.41. The summed E-state index contributed by atoms with van der Waals surface area (Å²) >= 11 is 0. The number of anilines is 1. The van der Waals surface area contributed by atoms with Crippen LogP contribution in [0.25, 0.3) is 0 Å². The molecule has 82 valence electrons. The Bertz CT molecular complexity index is 378. The highest BCUT2D eigenvalue weighted by atomic mass is 16.4. The molecule has 0 radical (unpaired) electrons. The van der Waals surface area contributed by atoms with Crippen LogP contribution < -0.4 is 10.6 Å². The molecule has 1 aromatic heterocycles. The second-order valence-corrected chi connectivity index (χ2v) is 3.41. The van der Waals surface area contributed by atoms with Gasteiger partial charge in [0.1, 0.15) is 17.7 Å². The normalized spacial score (nSPS) is 12.3. The Morgan fingerprint density at radius 1 is 1.60 bits per heavy atom. The van der Waals surface area contributed by atoms with Crippen molar-refractivity contribution in [1.29, 1.82) is 0 Å². The van der Waals surface area contributed by atoms with Gasteiger partial charge in [0, 0.05) is 25.9 Å². The fourth-order valence-electron chi connectivity index (χ4n) is 1.18. The standard InChI is InChI=1S/C9H14N4O2/c1-5-11-4-6(7(10)9(14)15)8(12-5)13(2)3/h4,7H,10H2,1-3H3,(H,14,15). The van der Waals surface area contributed by atoms with Crippen LogP contribution >= 0.6 is 0 Å². The van der Waals surface area contributed by atoms with Crippen LogP contribution in [-0.4, -0.2) is 35.1 Å². The van der Waals surface area contributed by atoms with Gasteiger partial charge in [-0.05, 0) is 6.92 Å². The van der Waals surface area contributed by atoms with E-state index in [0.29, 0.717) is 17.2 Å². The Balaban J connectivity index is 3.22. The van der Waals surface area contributed by atoms with E-state index < -0.39 is 12.0 Å². The largest absolute Gasteiger partial charge is 0.480 e. The lowest BCUT2D eigenvalue weighted by Crippen LogP contribution is -2.25. The minimum Gasteiger partial charge on any atom is -0.480 e. The highest BCUT2D eigenvalue weighted by Crippen LogP contribution is 2.20. The molecule has 15 heavy (non-hydrogen) atoms. The van der Waals surface area contributed by atoms with Gasteiger partial charge in [0.05, 0.1) is 0 Å². The number of nitrogens with zero attached hydrogens (tertiary/aromatic N) is 3. The first-order valence-corrected chi connectivity index (χ1v) is 4.42. The monoisotopic (exact) mass is 210 g/mol. The fourth-order valence-corrected chi connectivity index (χ4v) is 1.18. The van der Waals surface area contributed by atoms with Crippen LogP contribution in [0.1, 0.15) is 17.4 Å². The predicted molar refractivity (Wildman–Crippen MR) is 55.7 cm³/mol. The van der Waals surface area contributed by atoms with Crippen LogP contribution in [0.4, 0.5) is 5.82 Å². The highest BCUT2D eigenvalue weighted by molar-refractivity contribution is 5.77. The summed E-state index contributed by atoms with van der Waals surface area (Å²) < 4.78 is 0. The summed E-state index contributed by atoms with van der Waals surface area (Å²) in [5.41, 5.74) is 5.94. The molecule has 6 heteroatoms. The zero-order chi connectivity index (χ0) is 11.6. The second kappa shape index (κ2) is 4.22. The topological polar surface area (TPSA) is 92.3 Å². The van der Waals surface area contributed by atoms with Gasteiger partial charge >= 0.3 is 5.97 Å². The molecule has 1 heterocycles. The van der Waals surface area contributed by atoms with E-state index in [0.717, 1.165) is 0 Å². The van der Waals surface area contributed by atoms with Crippen molar-refractivity contribution in [2.45, 2.75) is 13.0 Å². The highest BCUT2D eigenvalue weighted by Gasteiger charge is 2.20. The van der Waals surface area contributed by atoms with Gasteiger partial charge in [-0.2, -0.15) is 0 Å². The van der Waals surface area contributed by atoms with Crippen LogP contribution in [0, 0.1) is 6.92 Å².